The second-order valence-electron chi connectivity index (χ2n) is 4.65. The molecule has 0 aromatic heterocycles. The molecule has 2 amide bonds. The zero-order chi connectivity index (χ0) is 15.8. The lowest BCUT2D eigenvalue weighted by atomic mass is 10.3. The van der Waals surface area contributed by atoms with Crippen molar-refractivity contribution in [3.05, 3.63) is 60.7 Å². The van der Waals surface area contributed by atoms with E-state index in [0.717, 1.165) is 11.4 Å². The van der Waals surface area contributed by atoms with Crippen LogP contribution < -0.4 is 9.80 Å². The molecular formula is C17H20N2O3. The first-order valence-corrected chi connectivity index (χ1v) is 6.95. The van der Waals surface area contributed by atoms with Crippen LogP contribution >= 0.6 is 0 Å². The van der Waals surface area contributed by atoms with Crippen molar-refractivity contribution >= 4 is 17.4 Å². The Morgan fingerprint density at radius 2 is 1.14 bits per heavy atom. The van der Waals surface area contributed by atoms with Crippen LogP contribution in [0.5, 0.6) is 0 Å². The lowest BCUT2D eigenvalue weighted by Gasteiger charge is -2.29. The molecule has 0 fully saturated rings. The highest BCUT2D eigenvalue weighted by Gasteiger charge is 2.23. The summed E-state index contributed by atoms with van der Waals surface area (Å²) in [4.78, 5) is 16.0. The van der Waals surface area contributed by atoms with Crippen molar-refractivity contribution in [2.45, 2.75) is 0 Å². The van der Waals surface area contributed by atoms with Gasteiger partial charge in [0.25, 0.3) is 0 Å². The maximum atomic E-state index is 12.9. The number of ether oxygens (including phenoxy) is 2. The van der Waals surface area contributed by atoms with Crippen molar-refractivity contribution in [3.63, 3.8) is 0 Å². The summed E-state index contributed by atoms with van der Waals surface area (Å²) < 4.78 is 10.4. The van der Waals surface area contributed by atoms with Gasteiger partial charge < -0.3 is 9.47 Å². The van der Waals surface area contributed by atoms with Crippen LogP contribution in [0, 0.1) is 0 Å². The number of amides is 2. The molecule has 0 bridgehead atoms. The third kappa shape index (κ3) is 3.84. The van der Waals surface area contributed by atoms with Gasteiger partial charge in [-0.1, -0.05) is 36.4 Å². The molecule has 0 aliphatic rings. The van der Waals surface area contributed by atoms with E-state index in [1.54, 1.807) is 24.0 Å². The molecule has 0 aliphatic carbocycles. The molecule has 2 aromatic carbocycles. The van der Waals surface area contributed by atoms with Gasteiger partial charge in [0, 0.05) is 25.6 Å². The Morgan fingerprint density at radius 3 is 1.45 bits per heavy atom. The molecule has 2 aromatic rings. The van der Waals surface area contributed by atoms with Crippen LogP contribution in [-0.4, -0.2) is 33.7 Å². The summed E-state index contributed by atoms with van der Waals surface area (Å²) in [6.07, 6.45) is 0. The molecule has 0 aliphatic heterocycles. The minimum absolute atomic E-state index is 0.163. The highest BCUT2D eigenvalue weighted by Crippen LogP contribution is 2.20. The van der Waals surface area contributed by atoms with Gasteiger partial charge in [-0.25, -0.2) is 4.79 Å². The van der Waals surface area contributed by atoms with E-state index in [-0.39, 0.29) is 19.5 Å². The molecule has 0 heterocycles. The molecular weight excluding hydrogens is 280 g/mol. The molecule has 0 radical (unpaired) electrons. The predicted octanol–water partition coefficient (Wildman–Crippen LogP) is 3.33. The number of carbonyl (C=O) groups is 1. The molecule has 0 spiro atoms. The number of nitrogens with zero attached hydrogens (tertiary/aromatic N) is 2. The lowest BCUT2D eigenvalue weighted by molar-refractivity contribution is 0.178. The molecule has 116 valence electrons. The fourth-order valence-electron chi connectivity index (χ4n) is 2.10. The van der Waals surface area contributed by atoms with E-state index in [0.29, 0.717) is 0 Å². The average Bonchev–Trinajstić information content (AvgIpc) is 2.58. The van der Waals surface area contributed by atoms with Crippen LogP contribution in [0.25, 0.3) is 0 Å². The van der Waals surface area contributed by atoms with Gasteiger partial charge in [0.1, 0.15) is 13.5 Å². The summed E-state index contributed by atoms with van der Waals surface area (Å²) in [5.74, 6) is 0. The first-order valence-electron chi connectivity index (χ1n) is 6.95. The zero-order valence-corrected chi connectivity index (χ0v) is 12.8. The maximum Gasteiger partial charge on any atom is 0.332 e. The predicted molar refractivity (Wildman–Crippen MR) is 87.0 cm³/mol. The highest BCUT2D eigenvalue weighted by atomic mass is 16.5. The minimum Gasteiger partial charge on any atom is -0.364 e. The van der Waals surface area contributed by atoms with Gasteiger partial charge in [-0.15, -0.1) is 0 Å². The Labute approximate surface area is 130 Å². The van der Waals surface area contributed by atoms with Gasteiger partial charge in [-0.2, -0.15) is 0 Å². The number of carbonyl (C=O) groups excluding carboxylic acids is 1. The van der Waals surface area contributed by atoms with Gasteiger partial charge in [0.15, 0.2) is 0 Å². The summed E-state index contributed by atoms with van der Waals surface area (Å²) in [5.41, 5.74) is 1.54. The van der Waals surface area contributed by atoms with Crippen molar-refractivity contribution in [2.75, 3.05) is 37.5 Å². The van der Waals surface area contributed by atoms with Crippen molar-refractivity contribution in [1.82, 2.24) is 0 Å². The Bertz CT molecular complexity index is 523. The van der Waals surface area contributed by atoms with Crippen LogP contribution in [0.4, 0.5) is 16.2 Å². The topological polar surface area (TPSA) is 42.0 Å². The van der Waals surface area contributed by atoms with E-state index in [1.807, 2.05) is 60.7 Å². The number of anilines is 2. The fraction of sp³-hybridized carbons (Fsp3) is 0.235. The number of hydrogen-bond acceptors (Lipinski definition) is 3. The third-order valence-corrected chi connectivity index (χ3v) is 3.11. The monoisotopic (exact) mass is 300 g/mol. The molecule has 5 heteroatoms. The van der Waals surface area contributed by atoms with Crippen molar-refractivity contribution in [2.24, 2.45) is 0 Å². The summed E-state index contributed by atoms with van der Waals surface area (Å²) >= 11 is 0. The molecule has 5 nitrogen and oxygen atoms in total. The molecule has 0 atom stereocenters. The maximum absolute atomic E-state index is 12.9. The second-order valence-corrected chi connectivity index (χ2v) is 4.65. The number of hydrogen-bond donors (Lipinski definition) is 0. The zero-order valence-electron chi connectivity index (χ0n) is 12.8. The van der Waals surface area contributed by atoms with Crippen molar-refractivity contribution in [1.29, 1.82) is 0 Å². The third-order valence-electron chi connectivity index (χ3n) is 3.11. The molecule has 0 unspecified atom stereocenters. The Kier molecular flexibility index (Phi) is 5.94. The minimum atomic E-state index is -0.207. The lowest BCUT2D eigenvalue weighted by Crippen LogP contribution is -2.45. The van der Waals surface area contributed by atoms with Crippen LogP contribution in [0.1, 0.15) is 0 Å². The number of rotatable bonds is 6. The number of benzene rings is 2. The number of para-hydroxylation sites is 2. The average molecular weight is 300 g/mol. The quantitative estimate of drug-likeness (QED) is 0.768. The standard InChI is InChI=1S/C17H20N2O3/c1-21-13-18(15-9-5-3-6-10-15)17(20)19(14-22-2)16-11-7-4-8-12-16/h3-12H,13-14H2,1-2H3. The summed E-state index contributed by atoms with van der Waals surface area (Å²) in [5, 5.41) is 0. The van der Waals surface area contributed by atoms with Crippen LogP contribution in [0.3, 0.4) is 0 Å². The molecule has 0 saturated heterocycles. The summed E-state index contributed by atoms with van der Waals surface area (Å²) in [6.45, 7) is 0.325. The fourth-order valence-corrected chi connectivity index (χ4v) is 2.10. The smallest absolute Gasteiger partial charge is 0.332 e. The SMILES string of the molecule is COCN(C(=O)N(COC)c1ccccc1)c1ccccc1. The molecule has 22 heavy (non-hydrogen) atoms. The second kappa shape index (κ2) is 8.17. The van der Waals surface area contributed by atoms with E-state index in [4.69, 9.17) is 9.47 Å². The van der Waals surface area contributed by atoms with Gasteiger partial charge >= 0.3 is 6.03 Å². The van der Waals surface area contributed by atoms with E-state index < -0.39 is 0 Å². The van der Waals surface area contributed by atoms with E-state index in [2.05, 4.69) is 0 Å². The van der Waals surface area contributed by atoms with Gasteiger partial charge in [-0.05, 0) is 24.3 Å². The van der Waals surface area contributed by atoms with Gasteiger partial charge in [-0.3, -0.25) is 9.80 Å². The van der Waals surface area contributed by atoms with Crippen LogP contribution in [0.15, 0.2) is 60.7 Å². The molecule has 0 N–H and O–H groups in total. The number of methoxy groups -OCH3 is 2. The highest BCUT2D eigenvalue weighted by molar-refractivity contribution is 6.03. The first-order chi connectivity index (χ1) is 10.8. The van der Waals surface area contributed by atoms with Gasteiger partial charge in [0.05, 0.1) is 0 Å². The van der Waals surface area contributed by atoms with Crippen LogP contribution in [-0.2, 0) is 9.47 Å². The van der Waals surface area contributed by atoms with E-state index in [1.165, 1.54) is 0 Å². The first kappa shape index (κ1) is 16.0. The Morgan fingerprint density at radius 1 is 0.773 bits per heavy atom. The van der Waals surface area contributed by atoms with E-state index in [9.17, 15) is 4.79 Å². The van der Waals surface area contributed by atoms with Gasteiger partial charge in [0.2, 0.25) is 0 Å². The Hall–Kier alpha value is -2.37. The van der Waals surface area contributed by atoms with Crippen LogP contribution in [0.2, 0.25) is 0 Å². The normalized spacial score (nSPS) is 10.3. The molecule has 0 saturated carbocycles. The van der Waals surface area contributed by atoms with Crippen molar-refractivity contribution in [3.8, 4) is 0 Å². The summed E-state index contributed by atoms with van der Waals surface area (Å²) in [6, 6.07) is 18.6. The van der Waals surface area contributed by atoms with E-state index >= 15 is 0 Å². The number of urea groups is 1. The largest absolute Gasteiger partial charge is 0.364 e. The van der Waals surface area contributed by atoms with Crippen molar-refractivity contribution < 1.29 is 14.3 Å². The Balaban J connectivity index is 2.30. The summed E-state index contributed by atoms with van der Waals surface area (Å²) in [7, 11) is 3.12. The molecule has 2 rings (SSSR count).